The summed E-state index contributed by atoms with van der Waals surface area (Å²) >= 11 is 3.44. The maximum atomic E-state index is 9.05. The van der Waals surface area contributed by atoms with E-state index in [0.29, 0.717) is 6.61 Å². The number of aliphatic hydroxyl groups excluding tert-OH is 1. The molecule has 2 aromatic rings. The van der Waals surface area contributed by atoms with Crippen molar-refractivity contribution in [1.82, 2.24) is 9.78 Å². The Bertz CT molecular complexity index is 567. The number of benzene rings is 1. The molecule has 4 nitrogen and oxygen atoms in total. The normalized spacial score (nSPS) is 10.7. The van der Waals surface area contributed by atoms with Gasteiger partial charge in [-0.05, 0) is 46.1 Å². The highest BCUT2D eigenvalue weighted by atomic mass is 79.9. The lowest BCUT2D eigenvalue weighted by Crippen LogP contribution is -2.03. The van der Waals surface area contributed by atoms with E-state index in [1.165, 1.54) is 0 Å². The van der Waals surface area contributed by atoms with E-state index in [4.69, 9.17) is 9.84 Å². The van der Waals surface area contributed by atoms with Crippen molar-refractivity contribution in [2.75, 3.05) is 0 Å². The number of nitrogens with zero attached hydrogens (tertiary/aromatic N) is 2. The number of hydrogen-bond acceptors (Lipinski definition) is 3. The van der Waals surface area contributed by atoms with Gasteiger partial charge < -0.3 is 9.84 Å². The van der Waals surface area contributed by atoms with Gasteiger partial charge >= 0.3 is 0 Å². The number of ether oxygens (including phenoxy) is 1. The summed E-state index contributed by atoms with van der Waals surface area (Å²) in [6.07, 6.45) is 0.919. The molecule has 1 aromatic carbocycles. The number of hydrogen-bond donors (Lipinski definition) is 1. The first-order valence-corrected chi connectivity index (χ1v) is 6.97. The zero-order chi connectivity index (χ0) is 13.8. The Morgan fingerprint density at radius 2 is 2.16 bits per heavy atom. The van der Waals surface area contributed by atoms with Crippen LogP contribution in [-0.4, -0.2) is 14.9 Å². The van der Waals surface area contributed by atoms with E-state index >= 15 is 0 Å². The molecule has 19 heavy (non-hydrogen) atoms. The first-order chi connectivity index (χ1) is 9.13. The van der Waals surface area contributed by atoms with Gasteiger partial charge in [-0.1, -0.05) is 13.0 Å². The first kappa shape index (κ1) is 14.1. The van der Waals surface area contributed by atoms with Crippen molar-refractivity contribution in [3.05, 3.63) is 45.7 Å². The van der Waals surface area contributed by atoms with Crippen molar-refractivity contribution in [3.63, 3.8) is 0 Å². The highest BCUT2D eigenvalue weighted by Crippen LogP contribution is 2.26. The SMILES string of the molecule is CCc1cc(COc2ccc(CO)cc2Br)n(C)n1. The van der Waals surface area contributed by atoms with Crippen LogP contribution in [0.3, 0.4) is 0 Å². The zero-order valence-electron chi connectivity index (χ0n) is 11.1. The van der Waals surface area contributed by atoms with Gasteiger partial charge in [0.1, 0.15) is 12.4 Å². The first-order valence-electron chi connectivity index (χ1n) is 6.18. The van der Waals surface area contributed by atoms with Crippen LogP contribution in [0.25, 0.3) is 0 Å². The largest absolute Gasteiger partial charge is 0.486 e. The van der Waals surface area contributed by atoms with Gasteiger partial charge in [0.15, 0.2) is 0 Å². The fraction of sp³-hybridized carbons (Fsp3) is 0.357. The molecule has 0 saturated carbocycles. The molecule has 0 radical (unpaired) electrons. The minimum Gasteiger partial charge on any atom is -0.486 e. The van der Waals surface area contributed by atoms with E-state index in [9.17, 15) is 0 Å². The molecule has 1 aromatic heterocycles. The van der Waals surface area contributed by atoms with Crippen LogP contribution < -0.4 is 4.74 Å². The fourth-order valence-electron chi connectivity index (χ4n) is 1.79. The van der Waals surface area contributed by atoms with E-state index in [1.54, 1.807) is 0 Å². The van der Waals surface area contributed by atoms with Gasteiger partial charge in [-0.15, -0.1) is 0 Å². The molecule has 0 atom stereocenters. The molecule has 1 heterocycles. The monoisotopic (exact) mass is 324 g/mol. The second kappa shape index (κ2) is 6.21. The summed E-state index contributed by atoms with van der Waals surface area (Å²) in [5.41, 5.74) is 2.96. The molecule has 2 rings (SSSR count). The van der Waals surface area contributed by atoms with Crippen LogP contribution in [0.2, 0.25) is 0 Å². The summed E-state index contributed by atoms with van der Waals surface area (Å²) in [7, 11) is 1.92. The quantitative estimate of drug-likeness (QED) is 0.920. The van der Waals surface area contributed by atoms with Crippen LogP contribution in [0.1, 0.15) is 23.9 Å². The molecule has 5 heteroatoms. The van der Waals surface area contributed by atoms with Crippen LogP contribution in [0, 0.1) is 0 Å². The summed E-state index contributed by atoms with van der Waals surface area (Å²) < 4.78 is 8.46. The minimum absolute atomic E-state index is 0.0282. The summed E-state index contributed by atoms with van der Waals surface area (Å²) in [4.78, 5) is 0. The Morgan fingerprint density at radius 3 is 2.74 bits per heavy atom. The highest BCUT2D eigenvalue weighted by molar-refractivity contribution is 9.10. The lowest BCUT2D eigenvalue weighted by atomic mass is 10.2. The van der Waals surface area contributed by atoms with Gasteiger partial charge in [0.25, 0.3) is 0 Å². The standard InChI is InChI=1S/C14H17BrN2O2/c1-3-11-7-12(17(2)16-11)9-19-14-5-4-10(8-18)6-13(14)15/h4-7,18H,3,8-9H2,1-2H3. The Balaban J connectivity index is 2.07. The van der Waals surface area contributed by atoms with Crippen LogP contribution in [0.15, 0.2) is 28.7 Å². The minimum atomic E-state index is 0.0282. The molecular formula is C14H17BrN2O2. The third-order valence-corrected chi connectivity index (χ3v) is 3.56. The van der Waals surface area contributed by atoms with Gasteiger partial charge in [-0.2, -0.15) is 5.10 Å². The zero-order valence-corrected chi connectivity index (χ0v) is 12.6. The lowest BCUT2D eigenvalue weighted by Gasteiger charge is -2.09. The molecule has 0 spiro atoms. The van der Waals surface area contributed by atoms with Crippen LogP contribution in [-0.2, 0) is 26.7 Å². The summed E-state index contributed by atoms with van der Waals surface area (Å²) in [6, 6.07) is 7.61. The average molecular weight is 325 g/mol. The number of aromatic nitrogens is 2. The number of rotatable bonds is 5. The van der Waals surface area contributed by atoms with E-state index in [2.05, 4.69) is 34.0 Å². The second-order valence-electron chi connectivity index (χ2n) is 4.32. The Labute approximate surface area is 121 Å². The maximum absolute atomic E-state index is 9.05. The number of aryl methyl sites for hydroxylation is 2. The van der Waals surface area contributed by atoms with Gasteiger partial charge in [-0.25, -0.2) is 0 Å². The molecular weight excluding hydrogens is 308 g/mol. The Hall–Kier alpha value is -1.33. The van der Waals surface area contributed by atoms with E-state index in [1.807, 2.05) is 29.9 Å². The van der Waals surface area contributed by atoms with Crippen molar-refractivity contribution in [3.8, 4) is 5.75 Å². The number of aliphatic hydroxyl groups is 1. The molecule has 0 aliphatic heterocycles. The topological polar surface area (TPSA) is 47.3 Å². The van der Waals surface area contributed by atoms with Gasteiger partial charge in [0.2, 0.25) is 0 Å². The third-order valence-electron chi connectivity index (χ3n) is 2.94. The third kappa shape index (κ3) is 3.36. The van der Waals surface area contributed by atoms with Gasteiger partial charge in [0.05, 0.1) is 22.5 Å². The fourth-order valence-corrected chi connectivity index (χ4v) is 2.33. The molecule has 0 saturated heterocycles. The molecule has 0 unspecified atom stereocenters. The highest BCUT2D eigenvalue weighted by Gasteiger charge is 2.07. The van der Waals surface area contributed by atoms with Crippen LogP contribution in [0.4, 0.5) is 0 Å². The van der Waals surface area contributed by atoms with Crippen LogP contribution >= 0.6 is 15.9 Å². The molecule has 0 aliphatic carbocycles. The molecule has 0 bridgehead atoms. The van der Waals surface area contributed by atoms with E-state index < -0.39 is 0 Å². The second-order valence-corrected chi connectivity index (χ2v) is 5.17. The smallest absolute Gasteiger partial charge is 0.134 e. The van der Waals surface area contributed by atoms with Crippen molar-refractivity contribution < 1.29 is 9.84 Å². The molecule has 0 amide bonds. The maximum Gasteiger partial charge on any atom is 0.134 e. The van der Waals surface area contributed by atoms with Crippen LogP contribution in [0.5, 0.6) is 5.75 Å². The molecule has 102 valence electrons. The molecule has 0 aliphatic rings. The summed E-state index contributed by atoms with van der Waals surface area (Å²) in [5.74, 6) is 0.761. The Kier molecular flexibility index (Phi) is 4.61. The van der Waals surface area contributed by atoms with E-state index in [0.717, 1.165) is 33.6 Å². The summed E-state index contributed by atoms with van der Waals surface area (Å²) in [6.45, 7) is 2.58. The average Bonchev–Trinajstić information content (AvgIpc) is 2.78. The van der Waals surface area contributed by atoms with E-state index in [-0.39, 0.29) is 6.61 Å². The van der Waals surface area contributed by atoms with Gasteiger partial charge in [0, 0.05) is 7.05 Å². The lowest BCUT2D eigenvalue weighted by molar-refractivity contribution is 0.279. The molecule has 1 N–H and O–H groups in total. The van der Waals surface area contributed by atoms with Crippen molar-refractivity contribution >= 4 is 15.9 Å². The number of halogens is 1. The molecule has 0 fully saturated rings. The van der Waals surface area contributed by atoms with Crippen molar-refractivity contribution in [2.24, 2.45) is 7.05 Å². The van der Waals surface area contributed by atoms with Gasteiger partial charge in [-0.3, -0.25) is 4.68 Å². The Morgan fingerprint density at radius 1 is 1.37 bits per heavy atom. The van der Waals surface area contributed by atoms with Crippen molar-refractivity contribution in [1.29, 1.82) is 0 Å². The predicted octanol–water partition coefficient (Wildman–Crippen LogP) is 2.82. The van der Waals surface area contributed by atoms with Crippen molar-refractivity contribution in [2.45, 2.75) is 26.6 Å². The summed E-state index contributed by atoms with van der Waals surface area (Å²) in [5, 5.41) is 13.4. The predicted molar refractivity (Wildman–Crippen MR) is 77.0 cm³/mol.